The number of aromatic nitrogens is 1. The number of ketones is 3. The lowest BCUT2D eigenvalue weighted by Gasteiger charge is -2.29. The second-order valence-corrected chi connectivity index (χ2v) is 10.5. The highest BCUT2D eigenvalue weighted by molar-refractivity contribution is 6.36. The molecule has 0 saturated carbocycles. The first kappa shape index (κ1) is 32.1. The van der Waals surface area contributed by atoms with E-state index in [9.17, 15) is 28.8 Å². The van der Waals surface area contributed by atoms with Gasteiger partial charge in [0, 0.05) is 44.0 Å². The minimum atomic E-state index is -1.01. The molecule has 2 heterocycles. The molecular weight excluding hydrogens is 500 g/mol. The Morgan fingerprint density at radius 1 is 1.03 bits per heavy atom. The fraction of sp³-hybridized carbons (Fsp3) is 0.655. The molecular formula is C29H44N4O6. The van der Waals surface area contributed by atoms with Crippen molar-refractivity contribution >= 4 is 29.2 Å². The molecule has 10 heteroatoms. The lowest BCUT2D eigenvalue weighted by atomic mass is 9.94. The van der Waals surface area contributed by atoms with E-state index >= 15 is 0 Å². The molecule has 1 aliphatic rings. The Bertz CT molecular complexity index is 1070. The Hall–Kier alpha value is -3.14. The fourth-order valence-electron chi connectivity index (χ4n) is 4.89. The molecule has 1 atom stereocenters. The number of amides is 2. The molecule has 0 radical (unpaired) electrons. The number of likely N-dealkylation sites (N-methyl/N-ethyl adjacent to an activating group) is 1. The first-order chi connectivity index (χ1) is 18.6. The van der Waals surface area contributed by atoms with Crippen LogP contribution >= 0.6 is 0 Å². The van der Waals surface area contributed by atoms with E-state index in [4.69, 9.17) is 0 Å². The zero-order chi connectivity index (χ0) is 28.9. The van der Waals surface area contributed by atoms with Crippen LogP contribution < -0.4 is 16.2 Å². The Balaban J connectivity index is 2.12. The van der Waals surface area contributed by atoms with Crippen LogP contribution in [-0.2, 0) is 36.9 Å². The number of rotatable bonds is 16. The van der Waals surface area contributed by atoms with E-state index in [1.54, 1.807) is 6.07 Å². The van der Waals surface area contributed by atoms with Crippen LogP contribution in [0.5, 0.6) is 0 Å². The maximum absolute atomic E-state index is 13.3. The number of carbonyl (C=O) groups is 5. The summed E-state index contributed by atoms with van der Waals surface area (Å²) >= 11 is 0. The SMILES string of the molecule is CCC(CC)CCC(=O)Cn1cccc(CC(=O)[C@H](CCC(=O)C(=O)NC)NC(=O)C2CCN(C)CC2)c1=O. The minimum absolute atomic E-state index is 0.0385. The number of likely N-dealkylation sites (tertiary alicyclic amines) is 1. The van der Waals surface area contributed by atoms with Gasteiger partial charge in [-0.1, -0.05) is 32.8 Å². The van der Waals surface area contributed by atoms with Gasteiger partial charge in [0.2, 0.25) is 11.7 Å². The van der Waals surface area contributed by atoms with Crippen LogP contribution in [0.4, 0.5) is 0 Å². The van der Waals surface area contributed by atoms with Crippen LogP contribution in [-0.4, -0.2) is 71.9 Å². The van der Waals surface area contributed by atoms with E-state index in [0.29, 0.717) is 25.2 Å². The predicted octanol–water partition coefficient (Wildman–Crippen LogP) is 1.67. The summed E-state index contributed by atoms with van der Waals surface area (Å²) in [4.78, 5) is 77.7. The van der Waals surface area contributed by atoms with Gasteiger partial charge >= 0.3 is 0 Å². The number of hydrogen-bond acceptors (Lipinski definition) is 7. The molecule has 2 rings (SSSR count). The molecule has 216 valence electrons. The average molecular weight is 545 g/mol. The van der Waals surface area contributed by atoms with E-state index in [0.717, 1.165) is 32.4 Å². The molecule has 1 aromatic heterocycles. The van der Waals surface area contributed by atoms with Gasteiger partial charge in [-0.05, 0) is 57.8 Å². The second-order valence-electron chi connectivity index (χ2n) is 10.5. The Morgan fingerprint density at radius 3 is 2.31 bits per heavy atom. The summed E-state index contributed by atoms with van der Waals surface area (Å²) in [7, 11) is 3.33. The monoisotopic (exact) mass is 544 g/mol. The summed E-state index contributed by atoms with van der Waals surface area (Å²) in [6.45, 7) is 5.68. The number of nitrogens with one attached hydrogen (secondary N) is 2. The van der Waals surface area contributed by atoms with Crippen molar-refractivity contribution in [1.82, 2.24) is 20.1 Å². The van der Waals surface area contributed by atoms with E-state index in [1.807, 2.05) is 7.05 Å². The molecule has 0 bridgehead atoms. The van der Waals surface area contributed by atoms with Crippen molar-refractivity contribution in [2.24, 2.45) is 11.8 Å². The fourth-order valence-corrected chi connectivity index (χ4v) is 4.89. The van der Waals surface area contributed by atoms with Crippen LogP contribution in [0, 0.1) is 11.8 Å². The van der Waals surface area contributed by atoms with Gasteiger partial charge in [-0.2, -0.15) is 0 Å². The standard InChI is InChI=1S/C29H44N4O6/c1-5-20(6-2)9-10-23(34)19-33-15-7-8-22(29(33)39)18-26(36)24(11-12-25(35)28(38)30-3)31-27(37)21-13-16-32(4)17-14-21/h7-8,15,20-21,24H,5-6,9-14,16-19H2,1-4H3,(H,30,38)(H,31,37)/t24-/m0/s1. The van der Waals surface area contributed by atoms with E-state index in [1.165, 1.54) is 23.9 Å². The number of nitrogens with zero attached hydrogens (tertiary/aromatic N) is 2. The molecule has 10 nitrogen and oxygen atoms in total. The molecule has 0 unspecified atom stereocenters. The molecule has 2 N–H and O–H groups in total. The second kappa shape index (κ2) is 16.1. The third kappa shape index (κ3) is 10.2. The molecule has 1 saturated heterocycles. The van der Waals surface area contributed by atoms with Crippen molar-refractivity contribution in [3.05, 3.63) is 34.2 Å². The molecule has 0 aromatic carbocycles. The highest BCUT2D eigenvalue weighted by Crippen LogP contribution is 2.17. The van der Waals surface area contributed by atoms with Gasteiger partial charge in [0.15, 0.2) is 11.6 Å². The van der Waals surface area contributed by atoms with Gasteiger partial charge < -0.3 is 20.1 Å². The summed E-state index contributed by atoms with van der Waals surface area (Å²) in [5, 5.41) is 5.05. The lowest BCUT2D eigenvalue weighted by molar-refractivity contribution is -0.138. The van der Waals surface area contributed by atoms with Crippen molar-refractivity contribution in [2.75, 3.05) is 27.2 Å². The lowest BCUT2D eigenvalue weighted by Crippen LogP contribution is -2.47. The maximum Gasteiger partial charge on any atom is 0.287 e. The van der Waals surface area contributed by atoms with Gasteiger partial charge in [-0.15, -0.1) is 0 Å². The zero-order valence-corrected chi connectivity index (χ0v) is 23.8. The van der Waals surface area contributed by atoms with Gasteiger partial charge in [-0.3, -0.25) is 28.8 Å². The van der Waals surface area contributed by atoms with Gasteiger partial charge in [0.05, 0.1) is 12.6 Å². The number of carbonyl (C=O) groups excluding carboxylic acids is 5. The molecule has 0 aliphatic carbocycles. The highest BCUT2D eigenvalue weighted by Gasteiger charge is 2.29. The van der Waals surface area contributed by atoms with Gasteiger partial charge in [0.25, 0.3) is 11.5 Å². The summed E-state index contributed by atoms with van der Waals surface area (Å²) < 4.78 is 1.32. The Labute approximate surface area is 230 Å². The van der Waals surface area contributed by atoms with Crippen molar-refractivity contribution in [3.63, 3.8) is 0 Å². The summed E-state index contributed by atoms with van der Waals surface area (Å²) in [6, 6.07) is 2.15. The molecule has 1 aliphatic heterocycles. The van der Waals surface area contributed by atoms with Crippen molar-refractivity contribution in [2.45, 2.75) is 84.2 Å². The van der Waals surface area contributed by atoms with Gasteiger partial charge in [0.1, 0.15) is 0 Å². The Morgan fingerprint density at radius 2 is 1.69 bits per heavy atom. The zero-order valence-electron chi connectivity index (χ0n) is 23.8. The van der Waals surface area contributed by atoms with E-state index < -0.39 is 29.1 Å². The maximum atomic E-state index is 13.3. The largest absolute Gasteiger partial charge is 0.353 e. The third-order valence-electron chi connectivity index (χ3n) is 7.73. The van der Waals surface area contributed by atoms with Crippen molar-refractivity contribution in [1.29, 1.82) is 0 Å². The van der Waals surface area contributed by atoms with Crippen LogP contribution in [0.25, 0.3) is 0 Å². The van der Waals surface area contributed by atoms with Crippen molar-refractivity contribution < 1.29 is 24.0 Å². The van der Waals surface area contributed by atoms with Crippen LogP contribution in [0.3, 0.4) is 0 Å². The van der Waals surface area contributed by atoms with Gasteiger partial charge in [-0.25, -0.2) is 0 Å². The normalized spacial score (nSPS) is 15.1. The molecule has 0 spiro atoms. The van der Waals surface area contributed by atoms with E-state index in [2.05, 4.69) is 29.4 Å². The number of pyridine rings is 1. The predicted molar refractivity (Wildman–Crippen MR) is 148 cm³/mol. The van der Waals surface area contributed by atoms with Crippen molar-refractivity contribution in [3.8, 4) is 0 Å². The first-order valence-electron chi connectivity index (χ1n) is 14.1. The molecule has 2 amide bonds. The quantitative estimate of drug-likeness (QED) is 0.302. The molecule has 1 aromatic rings. The smallest absolute Gasteiger partial charge is 0.287 e. The first-order valence-corrected chi connectivity index (χ1v) is 14.1. The summed E-state index contributed by atoms with van der Waals surface area (Å²) in [5.41, 5.74) is -0.213. The van der Waals surface area contributed by atoms with Crippen LogP contribution in [0.2, 0.25) is 0 Å². The Kier molecular flexibility index (Phi) is 13.2. The highest BCUT2D eigenvalue weighted by atomic mass is 16.2. The number of piperidine rings is 1. The number of Topliss-reactive ketones (excluding diaryl/α,β-unsaturated/α-hetero) is 3. The molecule has 39 heavy (non-hydrogen) atoms. The summed E-state index contributed by atoms with van der Waals surface area (Å²) in [5.74, 6) is -1.93. The minimum Gasteiger partial charge on any atom is -0.353 e. The van der Waals surface area contributed by atoms with Crippen LogP contribution in [0.15, 0.2) is 23.1 Å². The summed E-state index contributed by atoms with van der Waals surface area (Å²) in [6.07, 6.45) is 5.54. The number of hydrogen-bond donors (Lipinski definition) is 2. The van der Waals surface area contributed by atoms with E-state index in [-0.39, 0.29) is 49.0 Å². The third-order valence-corrected chi connectivity index (χ3v) is 7.73. The topological polar surface area (TPSA) is 135 Å². The average Bonchev–Trinajstić information content (AvgIpc) is 2.93. The van der Waals surface area contributed by atoms with Crippen LogP contribution in [0.1, 0.15) is 70.8 Å². The molecule has 1 fully saturated rings.